The van der Waals surface area contributed by atoms with E-state index in [0.717, 1.165) is 31.8 Å². The summed E-state index contributed by atoms with van der Waals surface area (Å²) in [5.41, 5.74) is 0.365. The molecule has 94 valence electrons. The van der Waals surface area contributed by atoms with Crippen molar-refractivity contribution in [2.24, 2.45) is 5.92 Å². The van der Waals surface area contributed by atoms with Crippen LogP contribution in [0.3, 0.4) is 0 Å². The van der Waals surface area contributed by atoms with Crippen LogP contribution in [0.2, 0.25) is 0 Å². The Bertz CT molecular complexity index is 380. The molecular weight excluding hydrogens is 222 g/mol. The number of hydrogen-bond acceptors (Lipinski definition) is 4. The first-order chi connectivity index (χ1) is 8.09. The van der Waals surface area contributed by atoms with Crippen LogP contribution in [0.1, 0.15) is 32.1 Å². The van der Waals surface area contributed by atoms with Gasteiger partial charge in [0.15, 0.2) is 6.23 Å². The predicted octanol–water partition coefficient (Wildman–Crippen LogP) is 1.27. The third kappa shape index (κ3) is 2.44. The molecule has 2 rings (SSSR count). The number of aliphatic hydroxyl groups is 2. The average Bonchev–Trinajstić information content (AvgIpc) is 2.32. The molecule has 1 fully saturated rings. The zero-order chi connectivity index (χ0) is 12.4. The molecule has 0 aromatic heterocycles. The number of dihydropyridines is 1. The van der Waals surface area contributed by atoms with E-state index in [-0.39, 0.29) is 17.3 Å². The van der Waals surface area contributed by atoms with Crippen molar-refractivity contribution in [2.75, 3.05) is 0 Å². The number of nitrogens with one attached hydrogen (secondary N) is 1. The molecule has 1 heterocycles. The van der Waals surface area contributed by atoms with Crippen molar-refractivity contribution in [1.82, 2.24) is 5.32 Å². The molecule has 2 aliphatic rings. The minimum absolute atomic E-state index is 0.0559. The van der Waals surface area contributed by atoms with Gasteiger partial charge in [-0.2, -0.15) is 0 Å². The maximum Gasteiger partial charge on any atom is 0.336 e. The molecule has 0 saturated heterocycles. The number of rotatable bonds is 2. The Morgan fingerprint density at radius 3 is 2.53 bits per heavy atom. The van der Waals surface area contributed by atoms with Crippen molar-refractivity contribution in [3.63, 3.8) is 0 Å². The lowest BCUT2D eigenvalue weighted by molar-refractivity contribution is -0.134. The molecule has 5 nitrogen and oxygen atoms in total. The summed E-state index contributed by atoms with van der Waals surface area (Å²) in [6.07, 6.45) is 5.26. The highest BCUT2D eigenvalue weighted by molar-refractivity contribution is 5.88. The van der Waals surface area contributed by atoms with E-state index in [1.165, 1.54) is 6.42 Å². The monoisotopic (exact) mass is 239 g/mol. The largest absolute Gasteiger partial charge is 0.506 e. The molecule has 1 aliphatic heterocycles. The Morgan fingerprint density at radius 2 is 1.94 bits per heavy atom. The second kappa shape index (κ2) is 4.79. The number of allylic oxidation sites excluding steroid dienone is 2. The number of carboxylic acid groups (broad SMARTS) is 1. The van der Waals surface area contributed by atoms with E-state index in [1.54, 1.807) is 0 Å². The maximum absolute atomic E-state index is 10.8. The Balaban J connectivity index is 2.22. The normalized spacial score (nSPS) is 26.4. The number of carbonyl (C=O) groups is 1. The molecule has 0 amide bonds. The highest BCUT2D eigenvalue weighted by Crippen LogP contribution is 2.32. The summed E-state index contributed by atoms with van der Waals surface area (Å²) in [4.78, 5) is 10.8. The number of aliphatic hydroxyl groups excluding tert-OH is 2. The molecule has 1 unspecified atom stereocenters. The lowest BCUT2D eigenvalue weighted by Crippen LogP contribution is -2.39. The van der Waals surface area contributed by atoms with E-state index in [1.807, 2.05) is 0 Å². The van der Waals surface area contributed by atoms with Gasteiger partial charge in [0.1, 0.15) is 5.76 Å². The minimum Gasteiger partial charge on any atom is -0.506 e. The molecule has 0 aromatic rings. The highest BCUT2D eigenvalue weighted by atomic mass is 16.4. The van der Waals surface area contributed by atoms with E-state index >= 15 is 0 Å². The van der Waals surface area contributed by atoms with Crippen LogP contribution in [0.15, 0.2) is 23.1 Å². The summed E-state index contributed by atoms with van der Waals surface area (Å²) in [5, 5.41) is 31.0. The van der Waals surface area contributed by atoms with Gasteiger partial charge in [0.25, 0.3) is 0 Å². The van der Waals surface area contributed by atoms with Crippen LogP contribution >= 0.6 is 0 Å². The lowest BCUT2D eigenvalue weighted by Gasteiger charge is -2.30. The van der Waals surface area contributed by atoms with Crippen molar-refractivity contribution < 1.29 is 20.1 Å². The fraction of sp³-hybridized carbons (Fsp3) is 0.583. The highest BCUT2D eigenvalue weighted by Gasteiger charge is 2.29. The number of aliphatic carboxylic acids is 1. The summed E-state index contributed by atoms with van der Waals surface area (Å²) >= 11 is 0. The fourth-order valence-electron chi connectivity index (χ4n) is 2.50. The van der Waals surface area contributed by atoms with E-state index in [9.17, 15) is 15.0 Å². The van der Waals surface area contributed by atoms with Crippen LogP contribution in [0.4, 0.5) is 0 Å². The number of carboxylic acids is 1. The van der Waals surface area contributed by atoms with Gasteiger partial charge in [-0.3, -0.25) is 0 Å². The molecule has 0 bridgehead atoms. The zero-order valence-electron chi connectivity index (χ0n) is 9.52. The standard InChI is InChI=1S/C12H17NO4/c14-9-6-8(12(16)17)11(15)13-10(9)7-4-2-1-3-5-7/h6-7,11,13-15H,1-5H2,(H,16,17). The zero-order valence-corrected chi connectivity index (χ0v) is 9.52. The Kier molecular flexibility index (Phi) is 3.38. The summed E-state index contributed by atoms with van der Waals surface area (Å²) in [6.45, 7) is 0. The third-order valence-electron chi connectivity index (χ3n) is 3.42. The van der Waals surface area contributed by atoms with E-state index in [4.69, 9.17) is 5.11 Å². The molecule has 0 radical (unpaired) electrons. The van der Waals surface area contributed by atoms with Crippen LogP contribution in [-0.4, -0.2) is 27.5 Å². The van der Waals surface area contributed by atoms with Gasteiger partial charge in [0.05, 0.1) is 11.3 Å². The van der Waals surface area contributed by atoms with Gasteiger partial charge in [0.2, 0.25) is 0 Å². The molecule has 0 aromatic carbocycles. The Morgan fingerprint density at radius 1 is 1.29 bits per heavy atom. The van der Waals surface area contributed by atoms with Crippen LogP contribution in [-0.2, 0) is 4.79 Å². The number of hydrogen-bond donors (Lipinski definition) is 4. The second-order valence-electron chi connectivity index (χ2n) is 4.59. The topological polar surface area (TPSA) is 89.8 Å². The van der Waals surface area contributed by atoms with Crippen molar-refractivity contribution >= 4 is 5.97 Å². The van der Waals surface area contributed by atoms with Crippen LogP contribution in [0, 0.1) is 5.92 Å². The van der Waals surface area contributed by atoms with E-state index < -0.39 is 12.2 Å². The first-order valence-electron chi connectivity index (χ1n) is 5.92. The average molecular weight is 239 g/mol. The predicted molar refractivity (Wildman–Crippen MR) is 61.1 cm³/mol. The van der Waals surface area contributed by atoms with Gasteiger partial charge < -0.3 is 20.6 Å². The van der Waals surface area contributed by atoms with Gasteiger partial charge in [-0.25, -0.2) is 4.79 Å². The molecule has 1 saturated carbocycles. The fourth-order valence-corrected chi connectivity index (χ4v) is 2.50. The van der Waals surface area contributed by atoms with Gasteiger partial charge in [-0.1, -0.05) is 19.3 Å². The molecule has 17 heavy (non-hydrogen) atoms. The molecule has 4 N–H and O–H groups in total. The van der Waals surface area contributed by atoms with Crippen LogP contribution < -0.4 is 5.32 Å². The van der Waals surface area contributed by atoms with Gasteiger partial charge >= 0.3 is 5.97 Å². The quantitative estimate of drug-likeness (QED) is 0.582. The first-order valence-corrected chi connectivity index (χ1v) is 5.92. The van der Waals surface area contributed by atoms with Crippen LogP contribution in [0.5, 0.6) is 0 Å². The molecule has 1 aliphatic carbocycles. The molecule has 1 atom stereocenters. The van der Waals surface area contributed by atoms with E-state index in [0.29, 0.717) is 5.70 Å². The second-order valence-corrected chi connectivity index (χ2v) is 4.59. The lowest BCUT2D eigenvalue weighted by atomic mass is 9.85. The van der Waals surface area contributed by atoms with Gasteiger partial charge in [-0.05, 0) is 18.9 Å². The smallest absolute Gasteiger partial charge is 0.336 e. The molecule has 0 spiro atoms. The Labute approximate surface area is 99.5 Å². The van der Waals surface area contributed by atoms with Gasteiger partial charge in [0, 0.05) is 5.92 Å². The molecule has 5 heteroatoms. The molecular formula is C12H17NO4. The summed E-state index contributed by atoms with van der Waals surface area (Å²) in [6, 6.07) is 0. The van der Waals surface area contributed by atoms with Crippen molar-refractivity contribution in [2.45, 2.75) is 38.3 Å². The summed E-state index contributed by atoms with van der Waals surface area (Å²) in [5.74, 6) is -1.08. The van der Waals surface area contributed by atoms with Crippen molar-refractivity contribution in [3.05, 3.63) is 23.1 Å². The minimum atomic E-state index is -1.24. The van der Waals surface area contributed by atoms with Crippen LogP contribution in [0.25, 0.3) is 0 Å². The maximum atomic E-state index is 10.8. The third-order valence-corrected chi connectivity index (χ3v) is 3.42. The van der Waals surface area contributed by atoms with E-state index in [2.05, 4.69) is 5.32 Å². The SMILES string of the molecule is O=C(O)C1=CC(O)=C(C2CCCCC2)NC1O. The van der Waals surface area contributed by atoms with Crippen molar-refractivity contribution in [1.29, 1.82) is 0 Å². The summed E-state index contributed by atoms with van der Waals surface area (Å²) < 4.78 is 0. The van der Waals surface area contributed by atoms with Crippen molar-refractivity contribution in [3.8, 4) is 0 Å². The first kappa shape index (κ1) is 12.0. The summed E-state index contributed by atoms with van der Waals surface area (Å²) in [7, 11) is 0. The van der Waals surface area contributed by atoms with Gasteiger partial charge in [-0.15, -0.1) is 0 Å². The Hall–Kier alpha value is -1.49.